The Morgan fingerprint density at radius 3 is 3.00 bits per heavy atom. The Morgan fingerprint density at radius 1 is 1.47 bits per heavy atom. The number of hydrogen-bond acceptors (Lipinski definition) is 3. The predicted molar refractivity (Wildman–Crippen MR) is 75.9 cm³/mol. The standard InChI is InChI=1S/C14H24N2S/c1-14(2,13-7-5-9-17-13)11-15-10-12-6-3-4-8-16-12/h5,7,9,12,15-16H,3-4,6,8,10-11H2,1-2H3. The van der Waals surface area contributed by atoms with E-state index in [-0.39, 0.29) is 5.41 Å². The molecule has 1 aromatic rings. The monoisotopic (exact) mass is 252 g/mol. The summed E-state index contributed by atoms with van der Waals surface area (Å²) in [6.07, 6.45) is 4.05. The molecule has 2 heterocycles. The number of hydrogen-bond donors (Lipinski definition) is 2. The van der Waals surface area contributed by atoms with Crippen LogP contribution in [0.3, 0.4) is 0 Å². The molecule has 1 aliphatic heterocycles. The molecule has 0 amide bonds. The summed E-state index contributed by atoms with van der Waals surface area (Å²) < 4.78 is 0. The van der Waals surface area contributed by atoms with Crippen LogP contribution in [-0.4, -0.2) is 25.7 Å². The summed E-state index contributed by atoms with van der Waals surface area (Å²) in [4.78, 5) is 1.47. The Bertz CT molecular complexity index is 313. The van der Waals surface area contributed by atoms with E-state index in [1.807, 2.05) is 11.3 Å². The number of nitrogens with one attached hydrogen (secondary N) is 2. The number of rotatable bonds is 5. The van der Waals surface area contributed by atoms with Crippen molar-refractivity contribution < 1.29 is 0 Å². The Balaban J connectivity index is 1.74. The van der Waals surface area contributed by atoms with Crippen LogP contribution in [0.4, 0.5) is 0 Å². The van der Waals surface area contributed by atoms with Gasteiger partial charge in [-0.2, -0.15) is 0 Å². The molecule has 0 bridgehead atoms. The summed E-state index contributed by atoms with van der Waals surface area (Å²) in [5.74, 6) is 0. The molecule has 1 unspecified atom stereocenters. The maximum absolute atomic E-state index is 3.63. The molecule has 0 radical (unpaired) electrons. The lowest BCUT2D eigenvalue weighted by molar-refractivity contribution is 0.367. The van der Waals surface area contributed by atoms with Crippen LogP contribution in [0.5, 0.6) is 0 Å². The average molecular weight is 252 g/mol. The zero-order valence-corrected chi connectivity index (χ0v) is 11.8. The highest BCUT2D eigenvalue weighted by atomic mass is 32.1. The molecule has 17 heavy (non-hydrogen) atoms. The van der Waals surface area contributed by atoms with E-state index in [4.69, 9.17) is 0 Å². The van der Waals surface area contributed by atoms with Gasteiger partial charge in [-0.3, -0.25) is 0 Å². The first-order chi connectivity index (χ1) is 8.18. The summed E-state index contributed by atoms with van der Waals surface area (Å²) >= 11 is 1.86. The SMILES string of the molecule is CC(C)(CNCC1CCCCN1)c1cccs1. The Hall–Kier alpha value is -0.380. The van der Waals surface area contributed by atoms with Crippen LogP contribution in [0.15, 0.2) is 17.5 Å². The van der Waals surface area contributed by atoms with Gasteiger partial charge in [0, 0.05) is 29.4 Å². The van der Waals surface area contributed by atoms with Gasteiger partial charge in [0.25, 0.3) is 0 Å². The largest absolute Gasteiger partial charge is 0.314 e. The van der Waals surface area contributed by atoms with Crippen LogP contribution < -0.4 is 10.6 Å². The quantitative estimate of drug-likeness (QED) is 0.842. The molecule has 0 saturated carbocycles. The topological polar surface area (TPSA) is 24.1 Å². The van der Waals surface area contributed by atoms with Crippen molar-refractivity contribution in [1.82, 2.24) is 10.6 Å². The van der Waals surface area contributed by atoms with Gasteiger partial charge in [-0.1, -0.05) is 26.3 Å². The lowest BCUT2D eigenvalue weighted by Gasteiger charge is -2.28. The van der Waals surface area contributed by atoms with Crippen molar-refractivity contribution in [3.05, 3.63) is 22.4 Å². The van der Waals surface area contributed by atoms with Gasteiger partial charge >= 0.3 is 0 Å². The maximum Gasteiger partial charge on any atom is 0.0192 e. The van der Waals surface area contributed by atoms with Gasteiger partial charge in [0.1, 0.15) is 0 Å². The fourth-order valence-electron chi connectivity index (χ4n) is 2.41. The Labute approximate surface area is 109 Å². The van der Waals surface area contributed by atoms with Gasteiger partial charge < -0.3 is 10.6 Å². The van der Waals surface area contributed by atoms with Gasteiger partial charge in [-0.05, 0) is 30.8 Å². The minimum atomic E-state index is 0.253. The molecule has 1 aliphatic rings. The van der Waals surface area contributed by atoms with Crippen molar-refractivity contribution in [3.8, 4) is 0 Å². The van der Waals surface area contributed by atoms with Crippen LogP contribution in [0.2, 0.25) is 0 Å². The highest BCUT2D eigenvalue weighted by Gasteiger charge is 2.21. The van der Waals surface area contributed by atoms with Crippen LogP contribution in [0.1, 0.15) is 38.0 Å². The first-order valence-electron chi connectivity index (χ1n) is 6.66. The van der Waals surface area contributed by atoms with Crippen molar-refractivity contribution in [2.24, 2.45) is 0 Å². The Morgan fingerprint density at radius 2 is 2.35 bits per heavy atom. The van der Waals surface area contributed by atoms with E-state index in [0.717, 1.165) is 13.1 Å². The number of piperidine rings is 1. The minimum absolute atomic E-state index is 0.253. The van der Waals surface area contributed by atoms with E-state index in [1.165, 1.54) is 30.7 Å². The second-order valence-corrected chi connectivity index (χ2v) is 6.59. The third kappa shape index (κ3) is 3.80. The zero-order chi connectivity index (χ0) is 12.1. The van der Waals surface area contributed by atoms with E-state index in [0.29, 0.717) is 6.04 Å². The lowest BCUT2D eigenvalue weighted by Crippen LogP contribution is -2.44. The second-order valence-electron chi connectivity index (χ2n) is 5.64. The third-order valence-electron chi connectivity index (χ3n) is 3.56. The summed E-state index contributed by atoms with van der Waals surface area (Å²) in [6, 6.07) is 5.07. The van der Waals surface area contributed by atoms with Gasteiger partial charge in [0.15, 0.2) is 0 Å². The highest BCUT2D eigenvalue weighted by Crippen LogP contribution is 2.26. The first kappa shape index (κ1) is 13.1. The normalized spacial score (nSPS) is 21.6. The molecule has 0 aliphatic carbocycles. The van der Waals surface area contributed by atoms with E-state index in [1.54, 1.807) is 0 Å². The molecule has 2 N–H and O–H groups in total. The third-order valence-corrected chi connectivity index (χ3v) is 4.79. The summed E-state index contributed by atoms with van der Waals surface area (Å²) in [7, 11) is 0. The van der Waals surface area contributed by atoms with E-state index in [2.05, 4.69) is 42.0 Å². The zero-order valence-electron chi connectivity index (χ0n) is 11.0. The van der Waals surface area contributed by atoms with E-state index >= 15 is 0 Å². The summed E-state index contributed by atoms with van der Waals surface area (Å²) in [5, 5.41) is 9.37. The van der Waals surface area contributed by atoms with Crippen molar-refractivity contribution in [2.45, 2.75) is 44.6 Å². The first-order valence-corrected chi connectivity index (χ1v) is 7.54. The molecule has 96 valence electrons. The van der Waals surface area contributed by atoms with Crippen molar-refractivity contribution in [3.63, 3.8) is 0 Å². The van der Waals surface area contributed by atoms with Crippen molar-refractivity contribution >= 4 is 11.3 Å². The summed E-state index contributed by atoms with van der Waals surface area (Å²) in [5.41, 5.74) is 0.253. The minimum Gasteiger partial charge on any atom is -0.314 e. The molecule has 0 spiro atoms. The fourth-order valence-corrected chi connectivity index (χ4v) is 3.26. The highest BCUT2D eigenvalue weighted by molar-refractivity contribution is 7.10. The van der Waals surface area contributed by atoms with E-state index < -0.39 is 0 Å². The molecule has 1 fully saturated rings. The lowest BCUT2D eigenvalue weighted by atomic mass is 9.91. The predicted octanol–water partition coefficient (Wildman–Crippen LogP) is 2.76. The average Bonchev–Trinajstić information content (AvgIpc) is 2.84. The maximum atomic E-state index is 3.63. The molecule has 1 atom stereocenters. The van der Waals surface area contributed by atoms with E-state index in [9.17, 15) is 0 Å². The smallest absolute Gasteiger partial charge is 0.0192 e. The number of thiophene rings is 1. The Kier molecular flexibility index (Phi) is 4.60. The van der Waals surface area contributed by atoms with Gasteiger partial charge in [-0.15, -0.1) is 11.3 Å². The van der Waals surface area contributed by atoms with Crippen LogP contribution in [-0.2, 0) is 5.41 Å². The van der Waals surface area contributed by atoms with Gasteiger partial charge in [0.05, 0.1) is 0 Å². The molecular weight excluding hydrogens is 228 g/mol. The van der Waals surface area contributed by atoms with Crippen LogP contribution in [0, 0.1) is 0 Å². The van der Waals surface area contributed by atoms with Crippen molar-refractivity contribution in [1.29, 1.82) is 0 Å². The van der Waals surface area contributed by atoms with Crippen LogP contribution in [0.25, 0.3) is 0 Å². The molecular formula is C14H24N2S. The molecule has 2 rings (SSSR count). The second kappa shape index (κ2) is 5.98. The van der Waals surface area contributed by atoms with Crippen LogP contribution >= 0.6 is 11.3 Å². The molecule has 3 heteroatoms. The molecule has 2 nitrogen and oxygen atoms in total. The molecule has 1 saturated heterocycles. The summed E-state index contributed by atoms with van der Waals surface area (Å²) in [6.45, 7) is 8.00. The van der Waals surface area contributed by atoms with Gasteiger partial charge in [-0.25, -0.2) is 0 Å². The molecule has 0 aromatic carbocycles. The molecule has 1 aromatic heterocycles. The van der Waals surface area contributed by atoms with Gasteiger partial charge in [0.2, 0.25) is 0 Å². The van der Waals surface area contributed by atoms with Crippen molar-refractivity contribution in [2.75, 3.05) is 19.6 Å². The fraction of sp³-hybridized carbons (Fsp3) is 0.714.